The van der Waals surface area contributed by atoms with Gasteiger partial charge in [-0.1, -0.05) is 32.6 Å². The fourth-order valence-corrected chi connectivity index (χ4v) is 2.43. The van der Waals surface area contributed by atoms with Gasteiger partial charge in [-0.15, -0.1) is 0 Å². The lowest BCUT2D eigenvalue weighted by Crippen LogP contribution is -2.47. The predicted molar refractivity (Wildman–Crippen MR) is 73.8 cm³/mol. The molecule has 0 spiro atoms. The highest BCUT2D eigenvalue weighted by Crippen LogP contribution is 2.20. The van der Waals surface area contributed by atoms with Gasteiger partial charge in [-0.05, 0) is 26.2 Å². The second-order valence-corrected chi connectivity index (χ2v) is 5.14. The number of nitrogens with zero attached hydrogens (tertiary/aromatic N) is 2. The molecule has 4 heteroatoms. The molecule has 1 aliphatic rings. The van der Waals surface area contributed by atoms with Crippen LogP contribution >= 0.6 is 0 Å². The quantitative estimate of drug-likeness (QED) is 0.343. The number of hydrogen-bond acceptors (Lipinski definition) is 2. The van der Waals surface area contributed by atoms with Crippen LogP contribution < -0.4 is 11.3 Å². The standard InChI is InChI=1S/C13H28N4/c1-4-8-11(2)17(3)13(16-14)15-12-9-6-5-7-10-12/h11-12H,4-10,14H2,1-3H3,(H,15,16). The molecule has 0 aromatic rings. The highest BCUT2D eigenvalue weighted by molar-refractivity contribution is 5.79. The zero-order chi connectivity index (χ0) is 12.7. The highest BCUT2D eigenvalue weighted by Gasteiger charge is 2.17. The van der Waals surface area contributed by atoms with Crippen molar-refractivity contribution in [1.29, 1.82) is 0 Å². The van der Waals surface area contributed by atoms with E-state index in [1.165, 1.54) is 44.9 Å². The van der Waals surface area contributed by atoms with Gasteiger partial charge in [0.05, 0.1) is 6.04 Å². The van der Waals surface area contributed by atoms with Crippen LogP contribution in [0.4, 0.5) is 0 Å². The number of hydrogen-bond donors (Lipinski definition) is 2. The van der Waals surface area contributed by atoms with Crippen molar-refractivity contribution < 1.29 is 0 Å². The third kappa shape index (κ3) is 4.54. The van der Waals surface area contributed by atoms with Gasteiger partial charge >= 0.3 is 0 Å². The largest absolute Gasteiger partial charge is 0.342 e. The molecule has 0 heterocycles. The Bertz CT molecular complexity index is 234. The second-order valence-electron chi connectivity index (χ2n) is 5.14. The molecule has 0 aromatic heterocycles. The molecule has 1 aliphatic carbocycles. The summed E-state index contributed by atoms with van der Waals surface area (Å²) in [5.41, 5.74) is 2.76. The minimum Gasteiger partial charge on any atom is -0.342 e. The summed E-state index contributed by atoms with van der Waals surface area (Å²) in [6.45, 7) is 4.43. The van der Waals surface area contributed by atoms with Crippen molar-refractivity contribution in [3.05, 3.63) is 0 Å². The van der Waals surface area contributed by atoms with E-state index in [0.29, 0.717) is 12.1 Å². The van der Waals surface area contributed by atoms with Crippen LogP contribution in [0.3, 0.4) is 0 Å². The average molecular weight is 240 g/mol. The number of nitrogens with two attached hydrogens (primary N) is 1. The summed E-state index contributed by atoms with van der Waals surface area (Å²) in [5.74, 6) is 6.45. The van der Waals surface area contributed by atoms with Crippen LogP contribution in [-0.4, -0.2) is 30.0 Å². The number of hydrazine groups is 1. The van der Waals surface area contributed by atoms with Crippen LogP contribution in [0.15, 0.2) is 4.99 Å². The summed E-state index contributed by atoms with van der Waals surface area (Å²) < 4.78 is 0. The molecule has 0 radical (unpaired) electrons. The van der Waals surface area contributed by atoms with Gasteiger partial charge in [0.25, 0.3) is 0 Å². The maximum atomic E-state index is 5.60. The predicted octanol–water partition coefficient (Wildman–Crippen LogP) is 2.26. The van der Waals surface area contributed by atoms with Crippen molar-refractivity contribution in [2.45, 2.75) is 70.9 Å². The number of rotatable bonds is 4. The maximum Gasteiger partial charge on any atom is 0.208 e. The van der Waals surface area contributed by atoms with Crippen molar-refractivity contribution in [1.82, 2.24) is 10.3 Å². The molecule has 3 N–H and O–H groups in total. The molecule has 0 aliphatic heterocycles. The smallest absolute Gasteiger partial charge is 0.208 e. The van der Waals surface area contributed by atoms with Crippen molar-refractivity contribution in [2.24, 2.45) is 10.8 Å². The van der Waals surface area contributed by atoms with Crippen molar-refractivity contribution >= 4 is 5.96 Å². The third-order valence-corrected chi connectivity index (χ3v) is 3.71. The Labute approximate surface area is 106 Å². The summed E-state index contributed by atoms with van der Waals surface area (Å²) >= 11 is 0. The van der Waals surface area contributed by atoms with Crippen LogP contribution in [0.25, 0.3) is 0 Å². The van der Waals surface area contributed by atoms with Gasteiger partial charge in [-0.3, -0.25) is 5.43 Å². The van der Waals surface area contributed by atoms with Gasteiger partial charge in [-0.2, -0.15) is 0 Å². The monoisotopic (exact) mass is 240 g/mol. The minimum atomic E-state index is 0.464. The molecule has 1 fully saturated rings. The molecule has 100 valence electrons. The van der Waals surface area contributed by atoms with Crippen LogP contribution in [0.1, 0.15) is 58.8 Å². The molecule has 1 unspecified atom stereocenters. The lowest BCUT2D eigenvalue weighted by molar-refractivity contribution is 0.348. The fraction of sp³-hybridized carbons (Fsp3) is 0.923. The summed E-state index contributed by atoms with van der Waals surface area (Å²) in [4.78, 5) is 6.93. The van der Waals surface area contributed by atoms with Crippen LogP contribution in [-0.2, 0) is 0 Å². The first-order valence-electron chi connectivity index (χ1n) is 6.96. The second kappa shape index (κ2) is 7.54. The van der Waals surface area contributed by atoms with E-state index in [4.69, 9.17) is 10.8 Å². The first kappa shape index (κ1) is 14.3. The summed E-state index contributed by atoms with van der Waals surface area (Å²) in [7, 11) is 2.07. The molecule has 1 rings (SSSR count). The average Bonchev–Trinajstić information content (AvgIpc) is 2.36. The van der Waals surface area contributed by atoms with Crippen LogP contribution in [0, 0.1) is 0 Å². The zero-order valence-electron chi connectivity index (χ0n) is 11.6. The van der Waals surface area contributed by atoms with Gasteiger partial charge in [0.15, 0.2) is 0 Å². The first-order valence-corrected chi connectivity index (χ1v) is 6.96. The Balaban J connectivity index is 2.58. The van der Waals surface area contributed by atoms with E-state index in [1.54, 1.807) is 0 Å². The van der Waals surface area contributed by atoms with Crippen LogP contribution in [0.2, 0.25) is 0 Å². The van der Waals surface area contributed by atoms with Gasteiger partial charge in [0.2, 0.25) is 5.96 Å². The number of aliphatic imine (C=N–C) groups is 1. The molecule has 0 bridgehead atoms. The Morgan fingerprint density at radius 2 is 2.06 bits per heavy atom. The molecule has 1 saturated carbocycles. The molecular weight excluding hydrogens is 212 g/mol. The Kier molecular flexibility index (Phi) is 6.34. The lowest BCUT2D eigenvalue weighted by atomic mass is 9.96. The third-order valence-electron chi connectivity index (χ3n) is 3.71. The molecule has 0 aromatic carbocycles. The Morgan fingerprint density at radius 3 is 2.59 bits per heavy atom. The van der Waals surface area contributed by atoms with Crippen molar-refractivity contribution in [2.75, 3.05) is 7.05 Å². The number of guanidine groups is 1. The lowest BCUT2D eigenvalue weighted by Gasteiger charge is -2.29. The van der Waals surface area contributed by atoms with Gasteiger partial charge in [0.1, 0.15) is 0 Å². The van der Waals surface area contributed by atoms with Crippen molar-refractivity contribution in [3.8, 4) is 0 Å². The summed E-state index contributed by atoms with van der Waals surface area (Å²) in [6.07, 6.45) is 8.75. The molecule has 1 atom stereocenters. The summed E-state index contributed by atoms with van der Waals surface area (Å²) in [6, 6.07) is 0.949. The normalized spacial score (nSPS) is 20.1. The van der Waals surface area contributed by atoms with Gasteiger partial charge in [-0.25, -0.2) is 10.8 Å². The first-order chi connectivity index (χ1) is 8.19. The molecule has 17 heavy (non-hydrogen) atoms. The van der Waals surface area contributed by atoms with E-state index in [1.807, 2.05) is 0 Å². The molecule has 0 amide bonds. The van der Waals surface area contributed by atoms with Crippen molar-refractivity contribution in [3.63, 3.8) is 0 Å². The SMILES string of the molecule is CCCC(C)N(C)C(=NC1CCCCC1)NN. The van der Waals surface area contributed by atoms with E-state index in [-0.39, 0.29) is 0 Å². The van der Waals surface area contributed by atoms with E-state index in [0.717, 1.165) is 5.96 Å². The van der Waals surface area contributed by atoms with E-state index < -0.39 is 0 Å². The topological polar surface area (TPSA) is 53.6 Å². The fourth-order valence-electron chi connectivity index (χ4n) is 2.43. The molecule has 0 saturated heterocycles. The van der Waals surface area contributed by atoms with Gasteiger partial charge in [0, 0.05) is 13.1 Å². The zero-order valence-corrected chi connectivity index (χ0v) is 11.6. The van der Waals surface area contributed by atoms with Crippen LogP contribution in [0.5, 0.6) is 0 Å². The minimum absolute atomic E-state index is 0.464. The molecule has 4 nitrogen and oxygen atoms in total. The number of nitrogens with one attached hydrogen (secondary N) is 1. The highest BCUT2D eigenvalue weighted by atomic mass is 15.4. The Morgan fingerprint density at radius 1 is 1.41 bits per heavy atom. The van der Waals surface area contributed by atoms with E-state index in [9.17, 15) is 0 Å². The van der Waals surface area contributed by atoms with Gasteiger partial charge < -0.3 is 4.90 Å². The molecular formula is C13H28N4. The van der Waals surface area contributed by atoms with E-state index in [2.05, 4.69) is 31.2 Å². The summed E-state index contributed by atoms with van der Waals surface area (Å²) in [5, 5.41) is 0. The van der Waals surface area contributed by atoms with E-state index >= 15 is 0 Å². The maximum absolute atomic E-state index is 5.60. The Hall–Kier alpha value is -0.770.